The number of rotatable bonds is 7. The molecule has 0 bridgehead atoms. The van der Waals surface area contributed by atoms with Crippen LogP contribution in [-0.2, 0) is 26.6 Å². The Labute approximate surface area is 190 Å². The third-order valence-electron chi connectivity index (χ3n) is 5.56. The van der Waals surface area contributed by atoms with Crippen LogP contribution in [0.3, 0.4) is 0 Å². The van der Waals surface area contributed by atoms with Gasteiger partial charge in [-0.05, 0) is 41.5 Å². The lowest BCUT2D eigenvalue weighted by molar-refractivity contribution is 0.0951. The van der Waals surface area contributed by atoms with E-state index in [-0.39, 0.29) is 5.91 Å². The lowest BCUT2D eigenvalue weighted by Crippen LogP contribution is -2.22. The van der Waals surface area contributed by atoms with E-state index in [9.17, 15) is 4.79 Å². The third-order valence-corrected chi connectivity index (χ3v) is 5.56. The molecule has 0 aliphatic carbocycles. The molecule has 166 valence electrons. The largest absolute Gasteiger partial charge is 0.493 e. The molecular formula is C24H23N7O2. The molecule has 0 radical (unpaired) electrons. The molecule has 1 aliphatic rings. The summed E-state index contributed by atoms with van der Waals surface area (Å²) in [5, 5.41) is 14.8. The molecule has 1 amide bonds. The van der Waals surface area contributed by atoms with Gasteiger partial charge in [0, 0.05) is 37.5 Å². The molecule has 0 saturated heterocycles. The van der Waals surface area contributed by atoms with Gasteiger partial charge < -0.3 is 19.9 Å². The number of nitrogens with zero attached hydrogens (tertiary/aromatic N) is 5. The summed E-state index contributed by atoms with van der Waals surface area (Å²) in [5.74, 6) is 2.23. The molecule has 0 unspecified atom stereocenters. The fraction of sp³-hybridized carbons (Fsp3) is 0.208. The molecule has 33 heavy (non-hydrogen) atoms. The number of anilines is 1. The fourth-order valence-corrected chi connectivity index (χ4v) is 3.75. The Bertz CT molecular complexity index is 1290. The summed E-state index contributed by atoms with van der Waals surface area (Å²) in [6, 6.07) is 15.2. The van der Waals surface area contributed by atoms with Crippen molar-refractivity contribution < 1.29 is 9.53 Å². The fourth-order valence-electron chi connectivity index (χ4n) is 3.75. The van der Waals surface area contributed by atoms with Crippen molar-refractivity contribution in [3.8, 4) is 17.3 Å². The van der Waals surface area contributed by atoms with Crippen LogP contribution >= 0.6 is 0 Å². The molecule has 9 heteroatoms. The van der Waals surface area contributed by atoms with Crippen LogP contribution < -0.4 is 15.4 Å². The maximum atomic E-state index is 12.7. The van der Waals surface area contributed by atoms with E-state index in [0.29, 0.717) is 30.2 Å². The smallest absolute Gasteiger partial charge is 0.251 e. The number of nitrogens with one attached hydrogen (secondary N) is 2. The van der Waals surface area contributed by atoms with Crippen molar-refractivity contribution in [2.24, 2.45) is 7.05 Å². The van der Waals surface area contributed by atoms with Crippen molar-refractivity contribution in [3.05, 3.63) is 83.6 Å². The van der Waals surface area contributed by atoms with Crippen molar-refractivity contribution in [2.45, 2.75) is 19.5 Å². The topological polar surface area (TPSA) is 107 Å². The number of aromatic nitrogens is 5. The van der Waals surface area contributed by atoms with E-state index in [1.807, 2.05) is 41.9 Å². The van der Waals surface area contributed by atoms with E-state index in [0.717, 1.165) is 35.9 Å². The van der Waals surface area contributed by atoms with Gasteiger partial charge in [-0.3, -0.25) is 4.79 Å². The maximum Gasteiger partial charge on any atom is 0.251 e. The first kappa shape index (κ1) is 20.6. The highest BCUT2D eigenvalue weighted by Gasteiger charge is 2.14. The average molecular weight is 441 g/mol. The van der Waals surface area contributed by atoms with Gasteiger partial charge in [0.25, 0.3) is 5.91 Å². The molecule has 2 aromatic carbocycles. The van der Waals surface area contributed by atoms with E-state index in [1.165, 1.54) is 11.9 Å². The first-order chi connectivity index (χ1) is 16.2. The zero-order valence-corrected chi connectivity index (χ0v) is 18.2. The van der Waals surface area contributed by atoms with Crippen LogP contribution in [0.2, 0.25) is 0 Å². The number of carbonyl (C=O) groups is 1. The van der Waals surface area contributed by atoms with Crippen molar-refractivity contribution >= 4 is 11.6 Å². The Morgan fingerprint density at radius 3 is 2.94 bits per heavy atom. The van der Waals surface area contributed by atoms with E-state index in [4.69, 9.17) is 4.74 Å². The van der Waals surface area contributed by atoms with Gasteiger partial charge in [-0.1, -0.05) is 18.2 Å². The number of hydrogen-bond donors (Lipinski definition) is 2. The zero-order valence-electron chi connectivity index (χ0n) is 18.2. The summed E-state index contributed by atoms with van der Waals surface area (Å²) >= 11 is 0. The van der Waals surface area contributed by atoms with Gasteiger partial charge in [0.1, 0.15) is 17.8 Å². The van der Waals surface area contributed by atoms with E-state index in [1.54, 1.807) is 18.3 Å². The molecule has 1 aliphatic heterocycles. The predicted molar refractivity (Wildman–Crippen MR) is 123 cm³/mol. The third kappa shape index (κ3) is 4.52. The summed E-state index contributed by atoms with van der Waals surface area (Å²) in [6.45, 7) is 1.65. The van der Waals surface area contributed by atoms with Gasteiger partial charge in [0.05, 0.1) is 13.2 Å². The first-order valence-electron chi connectivity index (χ1n) is 10.7. The van der Waals surface area contributed by atoms with Crippen molar-refractivity contribution in [2.75, 3.05) is 11.9 Å². The van der Waals surface area contributed by atoms with Crippen molar-refractivity contribution in [1.82, 2.24) is 30.0 Å². The zero-order chi connectivity index (χ0) is 22.6. The van der Waals surface area contributed by atoms with Crippen LogP contribution in [0, 0.1) is 0 Å². The Hall–Kier alpha value is -4.27. The number of fused-ring (bicyclic) bond motifs is 1. The number of benzene rings is 2. The second-order valence-corrected chi connectivity index (χ2v) is 7.75. The van der Waals surface area contributed by atoms with Crippen molar-refractivity contribution in [1.29, 1.82) is 0 Å². The highest BCUT2D eigenvalue weighted by atomic mass is 16.5. The Morgan fingerprint density at radius 1 is 1.12 bits per heavy atom. The average Bonchev–Trinajstić information content (AvgIpc) is 3.48. The normalized spacial score (nSPS) is 12.2. The van der Waals surface area contributed by atoms with Gasteiger partial charge in [0.15, 0.2) is 11.6 Å². The lowest BCUT2D eigenvalue weighted by Gasteiger charge is -2.10. The van der Waals surface area contributed by atoms with Gasteiger partial charge >= 0.3 is 0 Å². The summed E-state index contributed by atoms with van der Waals surface area (Å²) in [5.41, 5.74) is 4.37. The molecule has 0 atom stereocenters. The molecule has 9 nitrogen and oxygen atoms in total. The summed E-state index contributed by atoms with van der Waals surface area (Å²) in [6.07, 6.45) is 4.07. The lowest BCUT2D eigenvalue weighted by atomic mass is 10.1. The van der Waals surface area contributed by atoms with Crippen LogP contribution in [-0.4, -0.2) is 37.2 Å². The molecule has 3 heterocycles. The van der Waals surface area contributed by atoms with E-state index >= 15 is 0 Å². The maximum absolute atomic E-state index is 12.7. The highest BCUT2D eigenvalue weighted by Crippen LogP contribution is 2.25. The van der Waals surface area contributed by atoms with E-state index < -0.39 is 0 Å². The van der Waals surface area contributed by atoms with Gasteiger partial charge in [-0.2, -0.15) is 0 Å². The quantitative estimate of drug-likeness (QED) is 0.454. The number of amides is 1. The van der Waals surface area contributed by atoms with Crippen LogP contribution in [0.4, 0.5) is 5.69 Å². The standard InChI is InChI=1S/C24H23N7O2/c1-31-22(29-30-23(31)20-7-9-25-15-28-20)14-26-19-4-2-3-18(12-19)24(32)27-13-16-5-6-21-17(11-16)8-10-33-21/h2-7,9,11-12,15,26H,8,10,13-14H2,1H3,(H,27,32). The van der Waals surface area contributed by atoms with Crippen LogP contribution in [0.25, 0.3) is 11.5 Å². The number of hydrogen-bond acceptors (Lipinski definition) is 7. The minimum absolute atomic E-state index is 0.125. The molecular weight excluding hydrogens is 418 g/mol. The Balaban J connectivity index is 1.21. The Morgan fingerprint density at radius 2 is 2.06 bits per heavy atom. The molecule has 0 fully saturated rings. The summed E-state index contributed by atoms with van der Waals surface area (Å²) in [7, 11) is 1.89. The highest BCUT2D eigenvalue weighted by molar-refractivity contribution is 5.95. The second kappa shape index (κ2) is 9.07. The molecule has 0 spiro atoms. The molecule has 2 aromatic heterocycles. The Kier molecular flexibility index (Phi) is 5.67. The van der Waals surface area contributed by atoms with Gasteiger partial charge in [-0.25, -0.2) is 9.97 Å². The monoisotopic (exact) mass is 441 g/mol. The minimum atomic E-state index is -0.125. The van der Waals surface area contributed by atoms with Gasteiger partial charge in [0.2, 0.25) is 0 Å². The van der Waals surface area contributed by atoms with Crippen molar-refractivity contribution in [3.63, 3.8) is 0 Å². The van der Waals surface area contributed by atoms with Crippen LogP contribution in [0.5, 0.6) is 5.75 Å². The second-order valence-electron chi connectivity index (χ2n) is 7.75. The SMILES string of the molecule is Cn1c(CNc2cccc(C(=O)NCc3ccc4c(c3)CCO4)c2)nnc1-c1ccncn1. The van der Waals surface area contributed by atoms with Crippen LogP contribution in [0.15, 0.2) is 61.1 Å². The summed E-state index contributed by atoms with van der Waals surface area (Å²) in [4.78, 5) is 20.8. The van der Waals surface area contributed by atoms with Gasteiger partial charge in [-0.15, -0.1) is 10.2 Å². The van der Waals surface area contributed by atoms with E-state index in [2.05, 4.69) is 36.9 Å². The minimum Gasteiger partial charge on any atom is -0.493 e. The number of ether oxygens (including phenoxy) is 1. The molecule has 2 N–H and O–H groups in total. The molecule has 5 rings (SSSR count). The molecule has 0 saturated carbocycles. The number of carbonyl (C=O) groups excluding carboxylic acids is 1. The molecule has 4 aromatic rings. The first-order valence-corrected chi connectivity index (χ1v) is 10.7. The van der Waals surface area contributed by atoms with Crippen LogP contribution in [0.1, 0.15) is 27.3 Å². The summed E-state index contributed by atoms with van der Waals surface area (Å²) < 4.78 is 7.42. The predicted octanol–water partition coefficient (Wildman–Crippen LogP) is 2.75.